The molecular weight excluding hydrogens is 304 g/mol. The first-order valence-corrected chi connectivity index (χ1v) is 7.12. The molecule has 1 unspecified atom stereocenters. The van der Waals surface area contributed by atoms with Crippen molar-refractivity contribution in [1.29, 1.82) is 0 Å². The van der Waals surface area contributed by atoms with Gasteiger partial charge in [-0.3, -0.25) is 0 Å². The van der Waals surface area contributed by atoms with Crippen LogP contribution in [0, 0.1) is 27.7 Å². The summed E-state index contributed by atoms with van der Waals surface area (Å²) in [5.41, 5.74) is 5.74. The molecule has 1 heterocycles. The van der Waals surface area contributed by atoms with Gasteiger partial charge in [-0.15, -0.1) is 0 Å². The maximum atomic E-state index is 10.5. The predicted octanol–water partition coefficient (Wildman–Crippen LogP) is 3.61. The van der Waals surface area contributed by atoms with Crippen LogP contribution in [0.5, 0.6) is 0 Å². The Labute approximate surface area is 122 Å². The summed E-state index contributed by atoms with van der Waals surface area (Å²) in [5, 5.41) is 10.5. The fraction of sp³-hybridized carbons (Fsp3) is 0.400. The van der Waals surface area contributed by atoms with Crippen molar-refractivity contribution in [2.45, 2.75) is 40.3 Å². The molecule has 0 aliphatic carbocycles. The van der Waals surface area contributed by atoms with E-state index in [-0.39, 0.29) is 0 Å². The van der Waals surface area contributed by atoms with E-state index in [1.54, 1.807) is 12.5 Å². The molecule has 0 bridgehead atoms. The highest BCUT2D eigenvalue weighted by Crippen LogP contribution is 2.34. The summed E-state index contributed by atoms with van der Waals surface area (Å²) in [6, 6.07) is 0. The van der Waals surface area contributed by atoms with E-state index in [4.69, 9.17) is 0 Å². The lowest BCUT2D eigenvalue weighted by Gasteiger charge is -2.22. The molecule has 1 N–H and O–H groups in total. The first kappa shape index (κ1) is 14.3. The lowest BCUT2D eigenvalue weighted by molar-refractivity contribution is 0.155. The largest absolute Gasteiger partial charge is 0.387 e. The summed E-state index contributed by atoms with van der Waals surface area (Å²) >= 11 is 3.63. The molecule has 4 heteroatoms. The Morgan fingerprint density at radius 1 is 1.16 bits per heavy atom. The SMILES string of the molecule is Cc1c(C)c(C(O)Cn2ccnc2)c(C)c(C)c1Br. The fourth-order valence-electron chi connectivity index (χ4n) is 2.48. The molecule has 19 heavy (non-hydrogen) atoms. The van der Waals surface area contributed by atoms with Crippen molar-refractivity contribution < 1.29 is 5.11 Å². The van der Waals surface area contributed by atoms with Gasteiger partial charge in [-0.2, -0.15) is 0 Å². The van der Waals surface area contributed by atoms with Crippen LogP contribution < -0.4 is 0 Å². The van der Waals surface area contributed by atoms with Gasteiger partial charge in [0, 0.05) is 16.9 Å². The number of imidazole rings is 1. The van der Waals surface area contributed by atoms with Crippen LogP contribution in [0.15, 0.2) is 23.2 Å². The maximum absolute atomic E-state index is 10.5. The Morgan fingerprint density at radius 3 is 2.21 bits per heavy atom. The van der Waals surface area contributed by atoms with Crippen molar-refractivity contribution in [1.82, 2.24) is 9.55 Å². The Hall–Kier alpha value is -1.13. The van der Waals surface area contributed by atoms with Crippen molar-refractivity contribution in [3.05, 3.63) is 51.0 Å². The van der Waals surface area contributed by atoms with Crippen LogP contribution in [-0.4, -0.2) is 14.7 Å². The highest BCUT2D eigenvalue weighted by atomic mass is 79.9. The molecular formula is C15H19BrN2O. The zero-order valence-corrected chi connectivity index (χ0v) is 13.3. The molecule has 3 nitrogen and oxygen atoms in total. The summed E-state index contributed by atoms with van der Waals surface area (Å²) in [6.45, 7) is 8.83. The molecule has 2 aromatic rings. The minimum Gasteiger partial charge on any atom is -0.387 e. The molecule has 0 amide bonds. The Morgan fingerprint density at radius 2 is 1.74 bits per heavy atom. The van der Waals surface area contributed by atoms with Crippen molar-refractivity contribution in [3.8, 4) is 0 Å². The molecule has 0 radical (unpaired) electrons. The standard InChI is InChI=1S/C15H19BrN2O/c1-9-11(3)15(16)12(4)10(2)14(9)13(19)7-18-6-5-17-8-18/h5-6,8,13,19H,7H2,1-4H3. The third-order valence-electron chi connectivity index (χ3n) is 3.87. The molecule has 2 rings (SSSR count). The molecule has 0 saturated heterocycles. The average Bonchev–Trinajstić information content (AvgIpc) is 2.87. The monoisotopic (exact) mass is 322 g/mol. The van der Waals surface area contributed by atoms with Crippen LogP contribution >= 0.6 is 15.9 Å². The van der Waals surface area contributed by atoms with Crippen LogP contribution in [0.4, 0.5) is 0 Å². The lowest BCUT2D eigenvalue weighted by atomic mass is 9.91. The summed E-state index contributed by atoms with van der Waals surface area (Å²) in [4.78, 5) is 4.01. The number of aliphatic hydroxyl groups is 1. The Balaban J connectivity index is 2.44. The molecule has 0 spiro atoms. The van der Waals surface area contributed by atoms with Crippen molar-refractivity contribution in [3.63, 3.8) is 0 Å². The minimum atomic E-state index is -0.514. The van der Waals surface area contributed by atoms with Crippen LogP contribution in [-0.2, 0) is 6.54 Å². The number of halogens is 1. The third kappa shape index (κ3) is 2.60. The lowest BCUT2D eigenvalue weighted by Crippen LogP contribution is -2.12. The van der Waals surface area contributed by atoms with Gasteiger partial charge in [0.15, 0.2) is 0 Å². The number of aromatic nitrogens is 2. The first-order chi connectivity index (χ1) is 8.93. The topological polar surface area (TPSA) is 38.0 Å². The zero-order chi connectivity index (χ0) is 14.2. The van der Waals surface area contributed by atoms with E-state index in [9.17, 15) is 5.11 Å². The second kappa shape index (κ2) is 5.47. The van der Waals surface area contributed by atoms with E-state index in [1.807, 2.05) is 10.8 Å². The first-order valence-electron chi connectivity index (χ1n) is 6.33. The summed E-state index contributed by atoms with van der Waals surface area (Å²) in [6.07, 6.45) is 4.81. The smallest absolute Gasteiger partial charge is 0.0974 e. The maximum Gasteiger partial charge on any atom is 0.0974 e. The van der Waals surface area contributed by atoms with Gasteiger partial charge < -0.3 is 9.67 Å². The van der Waals surface area contributed by atoms with Crippen molar-refractivity contribution >= 4 is 15.9 Å². The van der Waals surface area contributed by atoms with Crippen LogP contribution in [0.2, 0.25) is 0 Å². The van der Waals surface area contributed by atoms with Gasteiger partial charge in [0.2, 0.25) is 0 Å². The van der Waals surface area contributed by atoms with Gasteiger partial charge >= 0.3 is 0 Å². The van der Waals surface area contributed by atoms with E-state index in [0.29, 0.717) is 6.54 Å². The second-order valence-electron chi connectivity index (χ2n) is 5.00. The third-order valence-corrected chi connectivity index (χ3v) is 5.06. The van der Waals surface area contributed by atoms with Gasteiger partial charge in [-0.05, 0) is 55.5 Å². The van der Waals surface area contributed by atoms with Gasteiger partial charge in [-0.1, -0.05) is 15.9 Å². The highest BCUT2D eigenvalue weighted by molar-refractivity contribution is 9.10. The minimum absolute atomic E-state index is 0.514. The molecule has 0 saturated carbocycles. The van der Waals surface area contributed by atoms with E-state index in [0.717, 1.165) is 21.2 Å². The van der Waals surface area contributed by atoms with E-state index >= 15 is 0 Å². The number of hydrogen-bond donors (Lipinski definition) is 1. The van der Waals surface area contributed by atoms with E-state index in [1.165, 1.54) is 11.1 Å². The Bertz CT molecular complexity index is 562. The second-order valence-corrected chi connectivity index (χ2v) is 5.80. The van der Waals surface area contributed by atoms with Gasteiger partial charge in [0.25, 0.3) is 0 Å². The van der Waals surface area contributed by atoms with Gasteiger partial charge in [-0.25, -0.2) is 4.98 Å². The predicted molar refractivity (Wildman–Crippen MR) is 80.3 cm³/mol. The van der Waals surface area contributed by atoms with E-state index < -0.39 is 6.10 Å². The number of rotatable bonds is 3. The van der Waals surface area contributed by atoms with Crippen molar-refractivity contribution in [2.24, 2.45) is 0 Å². The van der Waals surface area contributed by atoms with Crippen LogP contribution in [0.3, 0.4) is 0 Å². The summed E-state index contributed by atoms with van der Waals surface area (Å²) < 4.78 is 3.04. The highest BCUT2D eigenvalue weighted by Gasteiger charge is 2.19. The van der Waals surface area contributed by atoms with E-state index in [2.05, 4.69) is 48.6 Å². The molecule has 102 valence electrons. The van der Waals surface area contributed by atoms with Crippen LogP contribution in [0.1, 0.15) is 33.9 Å². The summed E-state index contributed by atoms with van der Waals surface area (Å²) in [5.74, 6) is 0. The number of benzene rings is 1. The molecule has 0 aliphatic rings. The molecule has 1 atom stereocenters. The molecule has 1 aromatic carbocycles. The normalized spacial score (nSPS) is 12.7. The number of hydrogen-bond acceptors (Lipinski definition) is 2. The molecule has 0 aliphatic heterocycles. The Kier molecular flexibility index (Phi) is 4.11. The van der Waals surface area contributed by atoms with Gasteiger partial charge in [0.1, 0.15) is 0 Å². The number of aliphatic hydroxyl groups excluding tert-OH is 1. The van der Waals surface area contributed by atoms with Crippen molar-refractivity contribution in [2.75, 3.05) is 0 Å². The van der Waals surface area contributed by atoms with Gasteiger partial charge in [0.05, 0.1) is 19.0 Å². The quantitative estimate of drug-likeness (QED) is 0.937. The fourth-order valence-corrected chi connectivity index (χ4v) is 3.08. The zero-order valence-electron chi connectivity index (χ0n) is 11.7. The van der Waals surface area contributed by atoms with Crippen LogP contribution in [0.25, 0.3) is 0 Å². The molecule has 1 aromatic heterocycles. The number of nitrogens with zero attached hydrogens (tertiary/aromatic N) is 2. The summed E-state index contributed by atoms with van der Waals surface area (Å²) in [7, 11) is 0. The average molecular weight is 323 g/mol. The molecule has 0 fully saturated rings.